The van der Waals surface area contributed by atoms with Crippen molar-refractivity contribution in [3.05, 3.63) is 0 Å². The van der Waals surface area contributed by atoms with Crippen LogP contribution in [-0.4, -0.2) is 67.4 Å². The minimum Gasteiger partial charge on any atom is -0.481 e. The van der Waals surface area contributed by atoms with E-state index in [2.05, 4.69) is 15.5 Å². The molecule has 0 aromatic rings. The second-order valence-electron chi connectivity index (χ2n) is 4.71. The Morgan fingerprint density at radius 3 is 2.68 bits per heavy atom. The molecule has 19 heavy (non-hydrogen) atoms. The van der Waals surface area contributed by atoms with Crippen LogP contribution in [0.4, 0.5) is 4.79 Å². The minimum absolute atomic E-state index is 0.0533. The standard InChI is InChI=1S/C12H23N3O4/c1-10(9-15-5-7-19-8-6-15)14-12(18)13-4-2-3-11(16)17/h10H,2-9H2,1H3,(H,16,17)(H2,13,14,18). The normalized spacial score (nSPS) is 17.7. The monoisotopic (exact) mass is 273 g/mol. The summed E-state index contributed by atoms with van der Waals surface area (Å²) in [4.78, 5) is 24.1. The number of carbonyl (C=O) groups is 2. The molecule has 1 atom stereocenters. The van der Waals surface area contributed by atoms with Gasteiger partial charge in [0.15, 0.2) is 0 Å². The van der Waals surface area contributed by atoms with Gasteiger partial charge in [-0.05, 0) is 13.3 Å². The van der Waals surface area contributed by atoms with Crippen molar-refractivity contribution in [2.45, 2.75) is 25.8 Å². The topological polar surface area (TPSA) is 90.9 Å². The molecular weight excluding hydrogens is 250 g/mol. The van der Waals surface area contributed by atoms with Gasteiger partial charge < -0.3 is 20.5 Å². The van der Waals surface area contributed by atoms with Crippen LogP contribution < -0.4 is 10.6 Å². The van der Waals surface area contributed by atoms with Crippen molar-refractivity contribution in [3.63, 3.8) is 0 Å². The fourth-order valence-corrected chi connectivity index (χ4v) is 1.93. The molecule has 0 saturated carbocycles. The number of ether oxygens (including phenoxy) is 1. The molecule has 1 heterocycles. The summed E-state index contributed by atoms with van der Waals surface area (Å²) in [5, 5.41) is 13.9. The third-order valence-corrected chi connectivity index (χ3v) is 2.87. The Balaban J connectivity index is 2.07. The number of nitrogens with zero attached hydrogens (tertiary/aromatic N) is 1. The number of carboxylic acid groups (broad SMARTS) is 1. The average Bonchev–Trinajstić information content (AvgIpc) is 2.35. The molecule has 0 aromatic carbocycles. The SMILES string of the molecule is CC(CN1CCOCC1)NC(=O)NCCCC(=O)O. The van der Waals surface area contributed by atoms with Crippen LogP contribution in [0.15, 0.2) is 0 Å². The maximum absolute atomic E-state index is 11.5. The molecule has 2 amide bonds. The molecule has 0 bridgehead atoms. The van der Waals surface area contributed by atoms with Crippen molar-refractivity contribution in [3.8, 4) is 0 Å². The summed E-state index contributed by atoms with van der Waals surface area (Å²) in [6.45, 7) is 6.40. The molecule has 0 spiro atoms. The number of carbonyl (C=O) groups excluding carboxylic acids is 1. The Labute approximate surface area is 113 Å². The van der Waals surface area contributed by atoms with E-state index in [0.717, 1.165) is 32.8 Å². The van der Waals surface area contributed by atoms with Crippen LogP contribution in [0, 0.1) is 0 Å². The van der Waals surface area contributed by atoms with E-state index in [-0.39, 0.29) is 18.5 Å². The van der Waals surface area contributed by atoms with E-state index in [0.29, 0.717) is 13.0 Å². The van der Waals surface area contributed by atoms with E-state index in [1.807, 2.05) is 6.92 Å². The predicted molar refractivity (Wildman–Crippen MR) is 70.1 cm³/mol. The first-order valence-corrected chi connectivity index (χ1v) is 6.64. The van der Waals surface area contributed by atoms with Gasteiger partial charge in [-0.1, -0.05) is 0 Å². The van der Waals surface area contributed by atoms with Gasteiger partial charge in [-0.3, -0.25) is 9.69 Å². The lowest BCUT2D eigenvalue weighted by Gasteiger charge is -2.29. The van der Waals surface area contributed by atoms with E-state index in [4.69, 9.17) is 9.84 Å². The van der Waals surface area contributed by atoms with Gasteiger partial charge in [0, 0.05) is 38.6 Å². The first kappa shape index (κ1) is 15.7. The summed E-state index contributed by atoms with van der Waals surface area (Å²) in [6, 6.07) is -0.191. The lowest BCUT2D eigenvalue weighted by molar-refractivity contribution is -0.137. The fourth-order valence-electron chi connectivity index (χ4n) is 1.93. The van der Waals surface area contributed by atoms with Gasteiger partial charge >= 0.3 is 12.0 Å². The summed E-state index contributed by atoms with van der Waals surface area (Å²) >= 11 is 0. The highest BCUT2D eigenvalue weighted by Crippen LogP contribution is 1.98. The number of carboxylic acids is 1. The number of nitrogens with one attached hydrogen (secondary N) is 2. The van der Waals surface area contributed by atoms with Gasteiger partial charge in [0.2, 0.25) is 0 Å². The largest absolute Gasteiger partial charge is 0.481 e. The van der Waals surface area contributed by atoms with Crippen molar-refractivity contribution in [1.29, 1.82) is 0 Å². The molecule has 7 heteroatoms. The quantitative estimate of drug-likeness (QED) is 0.562. The number of morpholine rings is 1. The van der Waals surface area contributed by atoms with Crippen LogP contribution in [0.3, 0.4) is 0 Å². The third-order valence-electron chi connectivity index (χ3n) is 2.87. The molecule has 1 unspecified atom stereocenters. The number of aliphatic carboxylic acids is 1. The van der Waals surface area contributed by atoms with Crippen molar-refractivity contribution < 1.29 is 19.4 Å². The summed E-state index contributed by atoms with van der Waals surface area (Å²) in [7, 11) is 0. The van der Waals surface area contributed by atoms with E-state index in [9.17, 15) is 9.59 Å². The molecule has 1 fully saturated rings. The molecule has 110 valence electrons. The molecule has 1 rings (SSSR count). The lowest BCUT2D eigenvalue weighted by atomic mass is 10.3. The first-order chi connectivity index (χ1) is 9.08. The van der Waals surface area contributed by atoms with Crippen LogP contribution in [0.2, 0.25) is 0 Å². The minimum atomic E-state index is -0.845. The second-order valence-corrected chi connectivity index (χ2v) is 4.71. The molecule has 0 aliphatic carbocycles. The summed E-state index contributed by atoms with van der Waals surface area (Å²) < 4.78 is 5.26. The Bertz CT molecular complexity index is 293. The number of urea groups is 1. The first-order valence-electron chi connectivity index (χ1n) is 6.64. The van der Waals surface area contributed by atoms with Gasteiger partial charge in [-0.25, -0.2) is 4.79 Å². The Morgan fingerprint density at radius 1 is 1.37 bits per heavy atom. The zero-order valence-corrected chi connectivity index (χ0v) is 11.4. The number of rotatable bonds is 7. The fraction of sp³-hybridized carbons (Fsp3) is 0.833. The van der Waals surface area contributed by atoms with E-state index >= 15 is 0 Å². The van der Waals surface area contributed by atoms with Crippen LogP contribution in [0.5, 0.6) is 0 Å². The van der Waals surface area contributed by atoms with E-state index in [1.54, 1.807) is 0 Å². The second kappa shape index (κ2) is 8.71. The summed E-state index contributed by atoms with van der Waals surface area (Å²) in [6.07, 6.45) is 0.518. The third kappa shape index (κ3) is 7.63. The molecule has 7 nitrogen and oxygen atoms in total. The molecule has 1 saturated heterocycles. The van der Waals surface area contributed by atoms with Crippen LogP contribution in [-0.2, 0) is 9.53 Å². The highest BCUT2D eigenvalue weighted by atomic mass is 16.5. The summed E-state index contributed by atoms with van der Waals surface area (Å²) in [5.41, 5.74) is 0. The molecule has 0 radical (unpaired) electrons. The molecule has 0 aromatic heterocycles. The average molecular weight is 273 g/mol. The van der Waals surface area contributed by atoms with E-state index in [1.165, 1.54) is 0 Å². The maximum Gasteiger partial charge on any atom is 0.315 e. The van der Waals surface area contributed by atoms with E-state index < -0.39 is 5.97 Å². The van der Waals surface area contributed by atoms with Gasteiger partial charge in [0.05, 0.1) is 13.2 Å². The van der Waals surface area contributed by atoms with Crippen molar-refractivity contribution in [2.24, 2.45) is 0 Å². The molecule has 1 aliphatic heterocycles. The zero-order chi connectivity index (χ0) is 14.1. The van der Waals surface area contributed by atoms with Crippen molar-refractivity contribution in [1.82, 2.24) is 15.5 Å². The Hall–Kier alpha value is -1.34. The van der Waals surface area contributed by atoms with Gasteiger partial charge in [0.25, 0.3) is 0 Å². The highest BCUT2D eigenvalue weighted by molar-refractivity contribution is 5.74. The van der Waals surface area contributed by atoms with Gasteiger partial charge in [0.1, 0.15) is 0 Å². The smallest absolute Gasteiger partial charge is 0.315 e. The lowest BCUT2D eigenvalue weighted by Crippen LogP contribution is -2.48. The highest BCUT2D eigenvalue weighted by Gasteiger charge is 2.14. The zero-order valence-electron chi connectivity index (χ0n) is 11.4. The number of hydrogen-bond donors (Lipinski definition) is 3. The van der Waals surface area contributed by atoms with Gasteiger partial charge in [-0.15, -0.1) is 0 Å². The van der Waals surface area contributed by atoms with Gasteiger partial charge in [-0.2, -0.15) is 0 Å². The molecule has 1 aliphatic rings. The van der Waals surface area contributed by atoms with Crippen LogP contribution in [0.25, 0.3) is 0 Å². The van der Waals surface area contributed by atoms with Crippen molar-refractivity contribution in [2.75, 3.05) is 39.4 Å². The number of hydrogen-bond acceptors (Lipinski definition) is 4. The van der Waals surface area contributed by atoms with Crippen molar-refractivity contribution >= 4 is 12.0 Å². The van der Waals surface area contributed by atoms with Crippen LogP contribution >= 0.6 is 0 Å². The predicted octanol–water partition coefficient (Wildman–Crippen LogP) is -0.129. The Morgan fingerprint density at radius 2 is 2.05 bits per heavy atom. The Kier molecular flexibility index (Phi) is 7.20. The molecular formula is C12H23N3O4. The summed E-state index contributed by atoms with van der Waals surface area (Å²) in [5.74, 6) is -0.845. The maximum atomic E-state index is 11.5. The number of amides is 2. The van der Waals surface area contributed by atoms with Crippen LogP contribution in [0.1, 0.15) is 19.8 Å². The molecule has 3 N–H and O–H groups in total.